The fraction of sp³-hybridized carbons (Fsp3) is 0.381. The molecule has 156 valence electrons. The van der Waals surface area contributed by atoms with Gasteiger partial charge in [0.25, 0.3) is 0 Å². The molecule has 1 aliphatic heterocycles. The number of alkyl halides is 3. The molecule has 1 N–H and O–H groups in total. The van der Waals surface area contributed by atoms with E-state index in [1.165, 1.54) is 12.1 Å². The molecular formula is C21H24F3N3O2. The molecule has 0 aromatic heterocycles. The van der Waals surface area contributed by atoms with Crippen molar-refractivity contribution in [2.45, 2.75) is 19.1 Å². The van der Waals surface area contributed by atoms with Gasteiger partial charge in [-0.25, -0.2) is 0 Å². The summed E-state index contributed by atoms with van der Waals surface area (Å²) in [5, 5.41) is 2.88. The van der Waals surface area contributed by atoms with Gasteiger partial charge in [0, 0.05) is 43.6 Å². The second kappa shape index (κ2) is 8.73. The molecule has 8 heteroatoms. The van der Waals surface area contributed by atoms with E-state index in [-0.39, 0.29) is 11.9 Å². The van der Waals surface area contributed by atoms with Crippen LogP contribution in [0.15, 0.2) is 48.5 Å². The highest BCUT2D eigenvalue weighted by Gasteiger charge is 2.31. The van der Waals surface area contributed by atoms with Crippen molar-refractivity contribution in [1.29, 1.82) is 0 Å². The van der Waals surface area contributed by atoms with Gasteiger partial charge in [-0.05, 0) is 37.3 Å². The van der Waals surface area contributed by atoms with Crippen molar-refractivity contribution in [2.75, 3.05) is 43.5 Å². The Morgan fingerprint density at radius 3 is 2.41 bits per heavy atom. The lowest BCUT2D eigenvalue weighted by atomic mass is 10.1. The Balaban J connectivity index is 1.58. The lowest BCUT2D eigenvalue weighted by molar-refractivity contribution is -0.137. The van der Waals surface area contributed by atoms with Gasteiger partial charge in [0.1, 0.15) is 5.75 Å². The predicted octanol–water partition coefficient (Wildman–Crippen LogP) is 3.86. The van der Waals surface area contributed by atoms with E-state index in [0.29, 0.717) is 43.3 Å². The third-order valence-electron chi connectivity index (χ3n) is 5.12. The van der Waals surface area contributed by atoms with E-state index < -0.39 is 11.7 Å². The fourth-order valence-electron chi connectivity index (χ4n) is 3.36. The summed E-state index contributed by atoms with van der Waals surface area (Å²) in [6.07, 6.45) is -4.36. The van der Waals surface area contributed by atoms with Crippen LogP contribution < -0.4 is 15.0 Å². The van der Waals surface area contributed by atoms with Crippen LogP contribution in [0.3, 0.4) is 0 Å². The number of benzene rings is 2. The molecule has 0 spiro atoms. The van der Waals surface area contributed by atoms with E-state index in [2.05, 4.69) is 5.32 Å². The molecule has 1 fully saturated rings. The molecule has 1 unspecified atom stereocenters. The maximum absolute atomic E-state index is 12.9. The molecule has 29 heavy (non-hydrogen) atoms. The zero-order valence-electron chi connectivity index (χ0n) is 16.4. The Kier molecular flexibility index (Phi) is 6.32. The van der Waals surface area contributed by atoms with E-state index in [9.17, 15) is 18.0 Å². The number of nitrogens with one attached hydrogen (secondary N) is 1. The van der Waals surface area contributed by atoms with Crippen molar-refractivity contribution in [3.63, 3.8) is 0 Å². The van der Waals surface area contributed by atoms with E-state index in [4.69, 9.17) is 4.74 Å². The number of piperazine rings is 1. The van der Waals surface area contributed by atoms with Crippen LogP contribution in [-0.4, -0.2) is 50.1 Å². The normalized spacial score (nSPS) is 16.4. The van der Waals surface area contributed by atoms with Gasteiger partial charge in [-0.3, -0.25) is 9.69 Å². The third-order valence-corrected chi connectivity index (χ3v) is 5.12. The molecule has 2 aromatic carbocycles. The van der Waals surface area contributed by atoms with Crippen molar-refractivity contribution >= 4 is 17.3 Å². The minimum absolute atomic E-state index is 0.134. The second-order valence-corrected chi connectivity index (χ2v) is 6.97. The highest BCUT2D eigenvalue weighted by atomic mass is 19.4. The Hall–Kier alpha value is -2.74. The van der Waals surface area contributed by atoms with Crippen molar-refractivity contribution in [2.24, 2.45) is 0 Å². The van der Waals surface area contributed by atoms with Crippen LogP contribution in [-0.2, 0) is 11.0 Å². The molecule has 2 aromatic rings. The van der Waals surface area contributed by atoms with Crippen molar-refractivity contribution in [3.8, 4) is 5.75 Å². The Bertz CT molecular complexity index is 849. The van der Waals surface area contributed by atoms with Gasteiger partial charge in [0.15, 0.2) is 0 Å². The number of rotatable bonds is 5. The molecule has 0 bridgehead atoms. The molecule has 1 amide bonds. The van der Waals surface area contributed by atoms with Gasteiger partial charge in [-0.15, -0.1) is 0 Å². The number of nitrogens with zero attached hydrogens (tertiary/aromatic N) is 2. The number of amides is 1. The maximum atomic E-state index is 12.9. The first-order valence-electron chi connectivity index (χ1n) is 9.39. The van der Waals surface area contributed by atoms with Gasteiger partial charge in [-0.1, -0.05) is 12.1 Å². The molecule has 0 radical (unpaired) electrons. The smallest absolute Gasteiger partial charge is 0.416 e. The zero-order chi connectivity index (χ0) is 21.0. The average molecular weight is 407 g/mol. The number of methoxy groups -OCH3 is 1. The van der Waals surface area contributed by atoms with Gasteiger partial charge < -0.3 is 15.0 Å². The van der Waals surface area contributed by atoms with E-state index >= 15 is 0 Å². The van der Waals surface area contributed by atoms with E-state index in [1.54, 1.807) is 37.4 Å². The molecule has 5 nitrogen and oxygen atoms in total. The second-order valence-electron chi connectivity index (χ2n) is 6.97. The average Bonchev–Trinajstić information content (AvgIpc) is 2.73. The van der Waals surface area contributed by atoms with Crippen LogP contribution >= 0.6 is 0 Å². The summed E-state index contributed by atoms with van der Waals surface area (Å²) in [7, 11) is 1.56. The standard InChI is InChI=1S/C21H24F3N3O2/c1-15(20(28)25-17-6-4-8-19(14-17)29-2)26-9-11-27(12-10-26)18-7-3-5-16(13-18)21(22,23)24/h3-8,13-15H,9-12H2,1-2H3,(H,25,28). The highest BCUT2D eigenvalue weighted by molar-refractivity contribution is 5.94. The lowest BCUT2D eigenvalue weighted by Crippen LogP contribution is -2.52. The lowest BCUT2D eigenvalue weighted by Gasteiger charge is -2.38. The SMILES string of the molecule is COc1cccc(NC(=O)C(C)N2CCN(c3cccc(C(F)(F)F)c3)CC2)c1. The molecule has 1 aliphatic rings. The van der Waals surface area contributed by atoms with Crippen LogP contribution in [0.1, 0.15) is 12.5 Å². The van der Waals surface area contributed by atoms with Crippen LogP contribution in [0.25, 0.3) is 0 Å². The number of halogens is 3. The maximum Gasteiger partial charge on any atom is 0.416 e. The van der Waals surface area contributed by atoms with Crippen molar-refractivity contribution in [1.82, 2.24) is 4.90 Å². The summed E-state index contributed by atoms with van der Waals surface area (Å²) in [4.78, 5) is 16.5. The van der Waals surface area contributed by atoms with Crippen LogP contribution in [0.5, 0.6) is 5.75 Å². The first-order chi connectivity index (χ1) is 13.8. The minimum Gasteiger partial charge on any atom is -0.497 e. The van der Waals surface area contributed by atoms with Crippen molar-refractivity contribution in [3.05, 3.63) is 54.1 Å². The number of hydrogen-bond acceptors (Lipinski definition) is 4. The number of hydrogen-bond donors (Lipinski definition) is 1. The predicted molar refractivity (Wildman–Crippen MR) is 106 cm³/mol. The van der Waals surface area contributed by atoms with Gasteiger partial charge in [0.2, 0.25) is 5.91 Å². The Morgan fingerprint density at radius 1 is 1.07 bits per heavy atom. The summed E-state index contributed by atoms with van der Waals surface area (Å²) in [5.74, 6) is 0.524. The van der Waals surface area contributed by atoms with Gasteiger partial charge >= 0.3 is 6.18 Å². The number of carbonyl (C=O) groups excluding carboxylic acids is 1. The Morgan fingerprint density at radius 2 is 1.76 bits per heavy atom. The molecule has 1 heterocycles. The molecule has 1 saturated heterocycles. The Labute approximate surface area is 168 Å². The first kappa shape index (κ1) is 21.0. The summed E-state index contributed by atoms with van der Waals surface area (Å²) in [5.41, 5.74) is 0.556. The number of anilines is 2. The third kappa shape index (κ3) is 5.20. The van der Waals surface area contributed by atoms with Gasteiger partial charge in [0.05, 0.1) is 18.7 Å². The monoisotopic (exact) mass is 407 g/mol. The molecule has 3 rings (SSSR count). The largest absolute Gasteiger partial charge is 0.497 e. The molecule has 1 atom stereocenters. The minimum atomic E-state index is -4.36. The molecule has 0 saturated carbocycles. The molecular weight excluding hydrogens is 383 g/mol. The first-order valence-corrected chi connectivity index (χ1v) is 9.39. The van der Waals surface area contributed by atoms with Crippen LogP contribution in [0.4, 0.5) is 24.5 Å². The van der Waals surface area contributed by atoms with E-state index in [0.717, 1.165) is 6.07 Å². The highest BCUT2D eigenvalue weighted by Crippen LogP contribution is 2.32. The van der Waals surface area contributed by atoms with Crippen LogP contribution in [0.2, 0.25) is 0 Å². The van der Waals surface area contributed by atoms with Crippen molar-refractivity contribution < 1.29 is 22.7 Å². The number of carbonyl (C=O) groups is 1. The quantitative estimate of drug-likeness (QED) is 0.818. The summed E-state index contributed by atoms with van der Waals surface area (Å²) < 4.78 is 44.0. The summed E-state index contributed by atoms with van der Waals surface area (Å²) >= 11 is 0. The summed E-state index contributed by atoms with van der Waals surface area (Å²) in [6.45, 7) is 4.11. The van der Waals surface area contributed by atoms with Gasteiger partial charge in [-0.2, -0.15) is 13.2 Å². The summed E-state index contributed by atoms with van der Waals surface area (Å²) in [6, 6.07) is 12.1. The zero-order valence-corrected chi connectivity index (χ0v) is 16.4. The topological polar surface area (TPSA) is 44.8 Å². The van der Waals surface area contributed by atoms with Crippen LogP contribution in [0, 0.1) is 0 Å². The number of ether oxygens (including phenoxy) is 1. The molecule has 0 aliphatic carbocycles. The van der Waals surface area contributed by atoms with E-state index in [1.807, 2.05) is 16.7 Å². The fourth-order valence-corrected chi connectivity index (χ4v) is 3.36.